The monoisotopic (exact) mass is 280 g/mol. The van der Waals surface area contributed by atoms with E-state index in [4.69, 9.17) is 4.74 Å². The number of hydrogen-bond acceptors (Lipinski definition) is 4. The maximum atomic E-state index is 11.8. The minimum absolute atomic E-state index is 0.108. The molecule has 18 heavy (non-hydrogen) atoms. The Kier molecular flexibility index (Phi) is 9.63. The molecule has 0 amide bonds. The molecule has 0 spiro atoms. The van der Waals surface area contributed by atoms with Crippen molar-refractivity contribution in [3.8, 4) is 0 Å². The van der Waals surface area contributed by atoms with Crippen LogP contribution in [0.5, 0.6) is 0 Å². The molecule has 2 N–H and O–H groups in total. The van der Waals surface area contributed by atoms with Crippen LogP contribution in [0.25, 0.3) is 0 Å². The molecule has 0 bridgehead atoms. The van der Waals surface area contributed by atoms with Crippen molar-refractivity contribution in [3.63, 3.8) is 0 Å². The molecule has 1 unspecified atom stereocenters. The zero-order valence-electron chi connectivity index (χ0n) is 12.0. The number of methoxy groups -OCH3 is 1. The molecule has 1 atom stereocenters. The third-order valence-electron chi connectivity index (χ3n) is 2.49. The SMILES string of the molecule is CCCC(COC)NS(=O)(=O)CCCNC(C)C. The zero-order valence-corrected chi connectivity index (χ0v) is 12.8. The van der Waals surface area contributed by atoms with Gasteiger partial charge in [0.25, 0.3) is 0 Å². The molecule has 6 heteroatoms. The Morgan fingerprint density at radius 3 is 2.44 bits per heavy atom. The molecular formula is C12H28N2O3S. The van der Waals surface area contributed by atoms with Gasteiger partial charge in [-0.3, -0.25) is 0 Å². The normalized spacial score (nSPS) is 14.1. The van der Waals surface area contributed by atoms with Gasteiger partial charge in [0.1, 0.15) is 0 Å². The van der Waals surface area contributed by atoms with E-state index >= 15 is 0 Å². The van der Waals surface area contributed by atoms with Crippen molar-refractivity contribution in [2.45, 2.75) is 52.1 Å². The lowest BCUT2D eigenvalue weighted by Crippen LogP contribution is -2.39. The van der Waals surface area contributed by atoms with Crippen molar-refractivity contribution < 1.29 is 13.2 Å². The smallest absolute Gasteiger partial charge is 0.211 e. The first-order valence-corrected chi connectivity index (χ1v) is 8.28. The lowest BCUT2D eigenvalue weighted by molar-refractivity contribution is 0.171. The van der Waals surface area contributed by atoms with Crippen molar-refractivity contribution in [1.29, 1.82) is 0 Å². The van der Waals surface area contributed by atoms with Crippen molar-refractivity contribution in [2.75, 3.05) is 26.0 Å². The summed E-state index contributed by atoms with van der Waals surface area (Å²) in [5, 5.41) is 3.20. The van der Waals surface area contributed by atoms with Gasteiger partial charge in [0.05, 0.1) is 12.4 Å². The molecule has 0 aromatic carbocycles. The third kappa shape index (κ3) is 9.82. The van der Waals surface area contributed by atoms with E-state index in [1.807, 2.05) is 20.8 Å². The van der Waals surface area contributed by atoms with Crippen LogP contribution in [0.15, 0.2) is 0 Å². The van der Waals surface area contributed by atoms with Crippen molar-refractivity contribution in [1.82, 2.24) is 10.0 Å². The van der Waals surface area contributed by atoms with Crippen LogP contribution in [0.3, 0.4) is 0 Å². The van der Waals surface area contributed by atoms with E-state index < -0.39 is 10.0 Å². The Morgan fingerprint density at radius 2 is 1.94 bits per heavy atom. The number of rotatable bonds is 11. The number of hydrogen-bond donors (Lipinski definition) is 2. The van der Waals surface area contributed by atoms with Crippen LogP contribution in [-0.4, -0.2) is 46.5 Å². The minimum Gasteiger partial charge on any atom is -0.383 e. The molecule has 0 aliphatic carbocycles. The van der Waals surface area contributed by atoms with Gasteiger partial charge in [0, 0.05) is 19.2 Å². The molecule has 0 rings (SSSR count). The quantitative estimate of drug-likeness (QED) is 0.556. The van der Waals surface area contributed by atoms with Gasteiger partial charge >= 0.3 is 0 Å². The Labute approximate surface area is 112 Å². The highest BCUT2D eigenvalue weighted by Crippen LogP contribution is 2.01. The molecule has 0 radical (unpaired) electrons. The van der Waals surface area contributed by atoms with Crippen LogP contribution in [-0.2, 0) is 14.8 Å². The minimum atomic E-state index is -3.19. The third-order valence-corrected chi connectivity index (χ3v) is 4.01. The number of nitrogens with one attached hydrogen (secondary N) is 2. The average molecular weight is 280 g/mol. The molecule has 0 heterocycles. The second-order valence-electron chi connectivity index (χ2n) is 4.84. The highest BCUT2D eigenvalue weighted by Gasteiger charge is 2.16. The second-order valence-corrected chi connectivity index (χ2v) is 6.71. The van der Waals surface area contributed by atoms with Crippen LogP contribution in [0.4, 0.5) is 0 Å². The number of sulfonamides is 1. The fraction of sp³-hybridized carbons (Fsp3) is 1.00. The fourth-order valence-corrected chi connectivity index (χ4v) is 3.03. The molecule has 0 saturated carbocycles. The Balaban J connectivity index is 4.03. The van der Waals surface area contributed by atoms with Gasteiger partial charge in [-0.15, -0.1) is 0 Å². The Morgan fingerprint density at radius 1 is 1.28 bits per heavy atom. The summed E-state index contributed by atoms with van der Waals surface area (Å²) in [6.07, 6.45) is 2.36. The van der Waals surface area contributed by atoms with E-state index in [-0.39, 0.29) is 11.8 Å². The molecule has 0 aliphatic heterocycles. The van der Waals surface area contributed by atoms with Gasteiger partial charge in [-0.2, -0.15) is 0 Å². The average Bonchev–Trinajstić information content (AvgIpc) is 2.24. The summed E-state index contributed by atoms with van der Waals surface area (Å²) in [4.78, 5) is 0. The predicted octanol–water partition coefficient (Wildman–Crippen LogP) is 1.11. The van der Waals surface area contributed by atoms with E-state index in [9.17, 15) is 8.42 Å². The predicted molar refractivity (Wildman–Crippen MR) is 75.3 cm³/mol. The van der Waals surface area contributed by atoms with Crippen LogP contribution < -0.4 is 10.0 Å². The molecule has 0 aromatic heterocycles. The molecule has 5 nitrogen and oxygen atoms in total. The molecule has 0 aromatic rings. The van der Waals surface area contributed by atoms with Crippen molar-refractivity contribution >= 4 is 10.0 Å². The lowest BCUT2D eigenvalue weighted by Gasteiger charge is -2.17. The number of ether oxygens (including phenoxy) is 1. The highest BCUT2D eigenvalue weighted by molar-refractivity contribution is 7.89. The first-order chi connectivity index (χ1) is 8.41. The summed E-state index contributed by atoms with van der Waals surface area (Å²) in [5.74, 6) is 0.163. The van der Waals surface area contributed by atoms with Crippen LogP contribution >= 0.6 is 0 Å². The van der Waals surface area contributed by atoms with Crippen LogP contribution in [0.1, 0.15) is 40.0 Å². The van der Waals surface area contributed by atoms with E-state index in [2.05, 4.69) is 10.0 Å². The van der Waals surface area contributed by atoms with E-state index in [0.29, 0.717) is 19.1 Å². The summed E-state index contributed by atoms with van der Waals surface area (Å²) >= 11 is 0. The summed E-state index contributed by atoms with van der Waals surface area (Å²) < 4.78 is 31.4. The maximum Gasteiger partial charge on any atom is 0.211 e. The van der Waals surface area contributed by atoms with Gasteiger partial charge in [-0.25, -0.2) is 13.1 Å². The molecule has 0 aliphatic rings. The summed E-state index contributed by atoms with van der Waals surface area (Å²) in [7, 11) is -1.61. The zero-order chi connectivity index (χ0) is 14.0. The first-order valence-electron chi connectivity index (χ1n) is 6.63. The second kappa shape index (κ2) is 9.72. The van der Waals surface area contributed by atoms with Gasteiger partial charge < -0.3 is 10.1 Å². The van der Waals surface area contributed by atoms with Gasteiger partial charge in [0.15, 0.2) is 0 Å². The summed E-state index contributed by atoms with van der Waals surface area (Å²) in [6.45, 7) is 7.27. The maximum absolute atomic E-state index is 11.8. The van der Waals surface area contributed by atoms with Gasteiger partial charge in [0.2, 0.25) is 10.0 Å². The Bertz CT molecular complexity index is 286. The molecular weight excluding hydrogens is 252 g/mol. The standard InChI is InChI=1S/C12H28N2O3S/c1-5-7-12(10-17-4)14-18(15,16)9-6-8-13-11(2)3/h11-14H,5-10H2,1-4H3. The molecule has 0 saturated heterocycles. The fourth-order valence-electron chi connectivity index (χ4n) is 1.69. The van der Waals surface area contributed by atoms with Gasteiger partial charge in [-0.05, 0) is 19.4 Å². The molecule has 0 fully saturated rings. The van der Waals surface area contributed by atoms with Crippen LogP contribution in [0, 0.1) is 0 Å². The van der Waals surface area contributed by atoms with E-state index in [0.717, 1.165) is 19.4 Å². The van der Waals surface area contributed by atoms with Crippen LogP contribution in [0.2, 0.25) is 0 Å². The van der Waals surface area contributed by atoms with Gasteiger partial charge in [-0.1, -0.05) is 27.2 Å². The van der Waals surface area contributed by atoms with Crippen molar-refractivity contribution in [2.24, 2.45) is 0 Å². The molecule has 110 valence electrons. The first kappa shape index (κ1) is 17.8. The summed E-state index contributed by atoms with van der Waals surface area (Å²) in [6, 6.07) is 0.282. The lowest BCUT2D eigenvalue weighted by atomic mass is 10.2. The van der Waals surface area contributed by atoms with E-state index in [1.54, 1.807) is 7.11 Å². The van der Waals surface area contributed by atoms with Crippen molar-refractivity contribution in [3.05, 3.63) is 0 Å². The topological polar surface area (TPSA) is 67.4 Å². The van der Waals surface area contributed by atoms with E-state index in [1.165, 1.54) is 0 Å². The largest absolute Gasteiger partial charge is 0.383 e. The highest BCUT2D eigenvalue weighted by atomic mass is 32.2. The summed E-state index contributed by atoms with van der Waals surface area (Å²) in [5.41, 5.74) is 0. The Hall–Kier alpha value is -0.170.